The van der Waals surface area contributed by atoms with Crippen molar-refractivity contribution in [2.75, 3.05) is 20.8 Å². The highest BCUT2D eigenvalue weighted by Gasteiger charge is 2.19. The molecule has 0 aliphatic heterocycles. The molecule has 0 aliphatic carbocycles. The third kappa shape index (κ3) is 6.59. The maximum absolute atomic E-state index is 12.5. The molecule has 0 aromatic heterocycles. The van der Waals surface area contributed by atoms with Crippen LogP contribution in [0, 0.1) is 5.92 Å². The minimum atomic E-state index is -0.638. The minimum absolute atomic E-state index is 0.201. The van der Waals surface area contributed by atoms with E-state index in [4.69, 9.17) is 18.9 Å². The van der Waals surface area contributed by atoms with Gasteiger partial charge in [0, 0.05) is 0 Å². The van der Waals surface area contributed by atoms with Crippen molar-refractivity contribution in [2.24, 2.45) is 5.92 Å². The first-order valence-corrected chi connectivity index (χ1v) is 9.75. The van der Waals surface area contributed by atoms with Crippen LogP contribution in [0.3, 0.4) is 0 Å². The van der Waals surface area contributed by atoms with Crippen LogP contribution in [-0.4, -0.2) is 32.8 Å². The highest BCUT2D eigenvalue weighted by molar-refractivity contribution is 5.81. The smallest absolute Gasteiger partial charge is 0.261 e. The summed E-state index contributed by atoms with van der Waals surface area (Å²) in [6.45, 7) is 8.43. The highest BCUT2D eigenvalue weighted by atomic mass is 16.5. The van der Waals surface area contributed by atoms with Crippen LogP contribution in [0.4, 0.5) is 0 Å². The fourth-order valence-electron chi connectivity index (χ4n) is 2.66. The molecule has 0 saturated heterocycles. The van der Waals surface area contributed by atoms with Crippen LogP contribution in [0.1, 0.15) is 39.3 Å². The molecule has 1 N–H and O–H groups in total. The molecule has 0 radical (unpaired) electrons. The molecule has 6 heteroatoms. The summed E-state index contributed by atoms with van der Waals surface area (Å²) >= 11 is 0. The molecule has 0 aliphatic rings. The lowest BCUT2D eigenvalue weighted by Gasteiger charge is -2.20. The van der Waals surface area contributed by atoms with Gasteiger partial charge in [0.15, 0.2) is 17.6 Å². The van der Waals surface area contributed by atoms with Gasteiger partial charge in [-0.05, 0) is 61.7 Å². The Bertz CT molecular complexity index is 788. The number of carbonyl (C=O) groups is 1. The lowest BCUT2D eigenvalue weighted by Crippen LogP contribution is -2.37. The van der Waals surface area contributed by atoms with E-state index in [0.29, 0.717) is 29.8 Å². The van der Waals surface area contributed by atoms with E-state index in [1.165, 1.54) is 0 Å². The number of hydrogen-bond donors (Lipinski definition) is 1. The molecule has 2 aromatic carbocycles. The van der Waals surface area contributed by atoms with Crippen molar-refractivity contribution < 1.29 is 23.7 Å². The maximum Gasteiger partial charge on any atom is 0.261 e. The molecule has 158 valence electrons. The standard InChI is InChI=1S/C23H31NO5/c1-15(2)14-28-21-12-7-18(13-22(21)27-6)16(3)24-23(25)17(4)29-20-10-8-19(26-5)9-11-20/h7-13,15-17H,14H2,1-6H3,(H,24,25). The van der Waals surface area contributed by atoms with Crippen molar-refractivity contribution in [2.45, 2.75) is 39.8 Å². The van der Waals surface area contributed by atoms with E-state index < -0.39 is 6.10 Å². The van der Waals surface area contributed by atoms with Crippen molar-refractivity contribution in [1.29, 1.82) is 0 Å². The van der Waals surface area contributed by atoms with Crippen LogP contribution in [-0.2, 0) is 4.79 Å². The molecule has 2 atom stereocenters. The number of nitrogens with one attached hydrogen (secondary N) is 1. The summed E-state index contributed by atoms with van der Waals surface area (Å²) in [6, 6.07) is 12.6. The fourth-order valence-corrected chi connectivity index (χ4v) is 2.66. The summed E-state index contributed by atoms with van der Waals surface area (Å²) in [5, 5.41) is 2.97. The van der Waals surface area contributed by atoms with Gasteiger partial charge < -0.3 is 24.3 Å². The van der Waals surface area contributed by atoms with Gasteiger partial charge in [-0.1, -0.05) is 19.9 Å². The molecule has 0 fully saturated rings. The predicted molar refractivity (Wildman–Crippen MR) is 113 cm³/mol. The summed E-state index contributed by atoms with van der Waals surface area (Å²) < 4.78 is 22.1. The number of methoxy groups -OCH3 is 2. The zero-order valence-corrected chi connectivity index (χ0v) is 18.0. The second kappa shape index (κ2) is 10.6. The van der Waals surface area contributed by atoms with Crippen LogP contribution >= 0.6 is 0 Å². The summed E-state index contributed by atoms with van der Waals surface area (Å²) in [5.41, 5.74) is 0.920. The molecule has 29 heavy (non-hydrogen) atoms. The fraction of sp³-hybridized carbons (Fsp3) is 0.435. The van der Waals surface area contributed by atoms with Crippen molar-refractivity contribution in [1.82, 2.24) is 5.32 Å². The molecule has 2 unspecified atom stereocenters. The van der Waals surface area contributed by atoms with Crippen LogP contribution in [0.2, 0.25) is 0 Å². The third-order valence-corrected chi connectivity index (χ3v) is 4.36. The monoisotopic (exact) mass is 401 g/mol. The Balaban J connectivity index is 1.98. The second-order valence-corrected chi connectivity index (χ2v) is 7.28. The van der Waals surface area contributed by atoms with Crippen LogP contribution in [0.15, 0.2) is 42.5 Å². The van der Waals surface area contributed by atoms with E-state index in [0.717, 1.165) is 11.3 Å². The number of hydrogen-bond acceptors (Lipinski definition) is 5. The van der Waals surface area contributed by atoms with Gasteiger partial charge in [-0.25, -0.2) is 0 Å². The topological polar surface area (TPSA) is 66.0 Å². The van der Waals surface area contributed by atoms with E-state index in [2.05, 4.69) is 19.2 Å². The maximum atomic E-state index is 12.5. The van der Waals surface area contributed by atoms with Gasteiger partial charge in [-0.15, -0.1) is 0 Å². The van der Waals surface area contributed by atoms with Crippen molar-refractivity contribution in [3.05, 3.63) is 48.0 Å². The molecule has 0 heterocycles. The van der Waals surface area contributed by atoms with Gasteiger partial charge in [-0.3, -0.25) is 4.79 Å². The van der Waals surface area contributed by atoms with Gasteiger partial charge in [0.25, 0.3) is 5.91 Å². The Morgan fingerprint density at radius 1 is 0.897 bits per heavy atom. The number of benzene rings is 2. The summed E-state index contributed by atoms with van der Waals surface area (Å²) in [6.07, 6.45) is -0.638. The molecule has 0 bridgehead atoms. The average molecular weight is 402 g/mol. The van der Waals surface area contributed by atoms with Crippen molar-refractivity contribution in [3.8, 4) is 23.0 Å². The molecule has 2 rings (SSSR count). The number of carbonyl (C=O) groups excluding carboxylic acids is 1. The van der Waals surface area contributed by atoms with Gasteiger partial charge in [0.05, 0.1) is 26.9 Å². The molecule has 2 aromatic rings. The largest absolute Gasteiger partial charge is 0.497 e. The normalized spacial score (nSPS) is 12.8. The van der Waals surface area contributed by atoms with E-state index in [1.54, 1.807) is 45.4 Å². The van der Waals surface area contributed by atoms with Crippen molar-refractivity contribution >= 4 is 5.91 Å². The van der Waals surface area contributed by atoms with E-state index in [1.807, 2.05) is 25.1 Å². The SMILES string of the molecule is COc1ccc(OC(C)C(=O)NC(C)c2ccc(OCC(C)C)c(OC)c2)cc1. The first kappa shape index (κ1) is 22.4. The van der Waals surface area contributed by atoms with Gasteiger partial charge in [-0.2, -0.15) is 0 Å². The third-order valence-electron chi connectivity index (χ3n) is 4.36. The Labute approximate surface area is 173 Å². The van der Waals surface area contributed by atoms with Gasteiger partial charge in [0.2, 0.25) is 0 Å². The Morgan fingerprint density at radius 2 is 1.55 bits per heavy atom. The number of ether oxygens (including phenoxy) is 4. The number of rotatable bonds is 10. The Morgan fingerprint density at radius 3 is 2.14 bits per heavy atom. The van der Waals surface area contributed by atoms with Gasteiger partial charge in [0.1, 0.15) is 11.5 Å². The lowest BCUT2D eigenvalue weighted by atomic mass is 10.1. The minimum Gasteiger partial charge on any atom is -0.497 e. The Kier molecular flexibility index (Phi) is 8.19. The second-order valence-electron chi connectivity index (χ2n) is 7.28. The van der Waals surface area contributed by atoms with E-state index in [-0.39, 0.29) is 11.9 Å². The summed E-state index contributed by atoms with van der Waals surface area (Å²) in [4.78, 5) is 12.5. The molecular formula is C23H31NO5. The summed E-state index contributed by atoms with van der Waals surface area (Å²) in [5.74, 6) is 2.90. The molecule has 0 spiro atoms. The first-order valence-electron chi connectivity index (χ1n) is 9.75. The predicted octanol–water partition coefficient (Wildman–Crippen LogP) is 4.38. The van der Waals surface area contributed by atoms with E-state index >= 15 is 0 Å². The number of amides is 1. The summed E-state index contributed by atoms with van der Waals surface area (Å²) in [7, 11) is 3.21. The van der Waals surface area contributed by atoms with Crippen molar-refractivity contribution in [3.63, 3.8) is 0 Å². The van der Waals surface area contributed by atoms with E-state index in [9.17, 15) is 4.79 Å². The van der Waals surface area contributed by atoms with Crippen LogP contribution < -0.4 is 24.3 Å². The van der Waals surface area contributed by atoms with Gasteiger partial charge >= 0.3 is 0 Å². The molecule has 0 saturated carbocycles. The Hall–Kier alpha value is -2.89. The van der Waals surface area contributed by atoms with Crippen LogP contribution in [0.25, 0.3) is 0 Å². The zero-order chi connectivity index (χ0) is 21.4. The average Bonchev–Trinajstić information content (AvgIpc) is 2.72. The first-order chi connectivity index (χ1) is 13.8. The molecule has 6 nitrogen and oxygen atoms in total. The highest BCUT2D eigenvalue weighted by Crippen LogP contribution is 2.30. The van der Waals surface area contributed by atoms with Crippen LogP contribution in [0.5, 0.6) is 23.0 Å². The lowest BCUT2D eigenvalue weighted by molar-refractivity contribution is -0.127. The molecular weight excluding hydrogens is 370 g/mol. The quantitative estimate of drug-likeness (QED) is 0.640. The molecule has 1 amide bonds. The zero-order valence-electron chi connectivity index (χ0n) is 18.0.